The Kier molecular flexibility index (Phi) is 3.60. The van der Waals surface area contributed by atoms with Gasteiger partial charge in [-0.2, -0.15) is 5.10 Å². The summed E-state index contributed by atoms with van der Waals surface area (Å²) >= 11 is 0. The van der Waals surface area contributed by atoms with Crippen molar-refractivity contribution in [2.24, 2.45) is 0 Å². The Balaban J connectivity index is 1.40. The van der Waals surface area contributed by atoms with Crippen molar-refractivity contribution in [3.8, 4) is 28.2 Å². The molecule has 2 aromatic carbocycles. The molecule has 0 fully saturated rings. The average molecular weight is 382 g/mol. The van der Waals surface area contributed by atoms with Crippen molar-refractivity contribution in [2.45, 2.75) is 13.0 Å². The predicted octanol–water partition coefficient (Wildman–Crippen LogP) is 3.72. The van der Waals surface area contributed by atoms with Crippen molar-refractivity contribution in [2.75, 3.05) is 6.54 Å². The van der Waals surface area contributed by atoms with Crippen LogP contribution in [0.15, 0.2) is 65.6 Å². The lowest BCUT2D eigenvalue weighted by molar-refractivity contribution is 0.568. The quantitative estimate of drug-likeness (QED) is 0.497. The number of furan rings is 1. The third-order valence-corrected chi connectivity index (χ3v) is 5.49. The summed E-state index contributed by atoms with van der Waals surface area (Å²) in [7, 11) is 0. The highest BCUT2D eigenvalue weighted by molar-refractivity contribution is 5.94. The van der Waals surface area contributed by atoms with Crippen LogP contribution in [0.4, 0.5) is 0 Å². The molecule has 3 aromatic heterocycles. The van der Waals surface area contributed by atoms with Gasteiger partial charge in [-0.15, -0.1) is 5.10 Å². The third-order valence-electron chi connectivity index (χ3n) is 5.49. The van der Waals surface area contributed by atoms with E-state index < -0.39 is 0 Å². The van der Waals surface area contributed by atoms with Gasteiger partial charge in [0.1, 0.15) is 11.4 Å². The summed E-state index contributed by atoms with van der Waals surface area (Å²) in [5, 5.41) is 20.7. The average Bonchev–Trinajstić information content (AvgIpc) is 3.53. The van der Waals surface area contributed by atoms with Gasteiger partial charge in [0.25, 0.3) is 0 Å². The Morgan fingerprint density at radius 1 is 1.00 bits per heavy atom. The van der Waals surface area contributed by atoms with Gasteiger partial charge in [0.2, 0.25) is 0 Å². The molecule has 7 heteroatoms. The van der Waals surface area contributed by atoms with Crippen LogP contribution in [0.3, 0.4) is 0 Å². The van der Waals surface area contributed by atoms with Gasteiger partial charge >= 0.3 is 0 Å². The van der Waals surface area contributed by atoms with Crippen LogP contribution in [0.2, 0.25) is 0 Å². The van der Waals surface area contributed by atoms with Gasteiger partial charge in [0.15, 0.2) is 0 Å². The van der Waals surface area contributed by atoms with E-state index in [1.807, 2.05) is 29.1 Å². The summed E-state index contributed by atoms with van der Waals surface area (Å²) in [4.78, 5) is 0. The highest BCUT2D eigenvalue weighted by Gasteiger charge is 2.15. The molecule has 4 heterocycles. The third kappa shape index (κ3) is 2.75. The topological polar surface area (TPSA) is 84.6 Å². The number of aromatic amines is 1. The Labute approximate surface area is 166 Å². The summed E-state index contributed by atoms with van der Waals surface area (Å²) in [6.45, 7) is 1.93. The molecule has 0 saturated heterocycles. The minimum absolute atomic E-state index is 0.733. The lowest BCUT2D eigenvalue weighted by Gasteiger charge is -2.17. The number of nitrogens with zero attached hydrogens (tertiary/aromatic N) is 4. The number of hydrogen-bond donors (Lipinski definition) is 2. The normalized spacial score (nSPS) is 13.7. The van der Waals surface area contributed by atoms with Crippen LogP contribution in [-0.2, 0) is 13.0 Å². The molecule has 1 aliphatic rings. The molecule has 0 radical (unpaired) electrons. The Hall–Kier alpha value is -3.71. The van der Waals surface area contributed by atoms with Gasteiger partial charge in [-0.3, -0.25) is 5.10 Å². The zero-order valence-corrected chi connectivity index (χ0v) is 15.6. The molecule has 0 bridgehead atoms. The van der Waals surface area contributed by atoms with E-state index in [1.165, 1.54) is 11.1 Å². The fourth-order valence-electron chi connectivity index (χ4n) is 3.93. The smallest absolute Gasteiger partial charge is 0.134 e. The SMILES string of the molecule is c1cc(-c2ccc3[nH]nc(-c4cn(-c5ccc6c(c5)CNCC6)nn4)c3c2)co1. The van der Waals surface area contributed by atoms with Gasteiger partial charge in [0.05, 0.1) is 29.9 Å². The first-order chi connectivity index (χ1) is 14.3. The molecule has 0 spiro atoms. The molecule has 142 valence electrons. The molecule has 1 aliphatic heterocycles. The maximum atomic E-state index is 5.22. The molecule has 7 nitrogen and oxygen atoms in total. The van der Waals surface area contributed by atoms with Gasteiger partial charge in [-0.05, 0) is 60.0 Å². The lowest BCUT2D eigenvalue weighted by Crippen LogP contribution is -2.23. The largest absolute Gasteiger partial charge is 0.472 e. The number of benzene rings is 2. The molecule has 29 heavy (non-hydrogen) atoms. The van der Waals surface area contributed by atoms with Crippen molar-refractivity contribution in [3.63, 3.8) is 0 Å². The minimum Gasteiger partial charge on any atom is -0.472 e. The molecule has 0 atom stereocenters. The second kappa shape index (κ2) is 6.42. The number of rotatable bonds is 3. The molecule has 0 unspecified atom stereocenters. The van der Waals surface area contributed by atoms with E-state index in [2.05, 4.69) is 50.1 Å². The van der Waals surface area contributed by atoms with Crippen molar-refractivity contribution >= 4 is 10.9 Å². The van der Waals surface area contributed by atoms with Crippen LogP contribution >= 0.6 is 0 Å². The van der Waals surface area contributed by atoms with Crippen LogP contribution in [0.1, 0.15) is 11.1 Å². The maximum Gasteiger partial charge on any atom is 0.134 e. The summed E-state index contributed by atoms with van der Waals surface area (Å²) < 4.78 is 7.03. The molecule has 0 amide bonds. The molecule has 0 aliphatic carbocycles. The Morgan fingerprint density at radius 3 is 2.93 bits per heavy atom. The summed E-state index contributed by atoms with van der Waals surface area (Å²) in [5.41, 5.74) is 8.31. The highest BCUT2D eigenvalue weighted by atomic mass is 16.3. The standard InChI is InChI=1S/C22H18N6O/c1-3-18(9-17-11-23-7-5-14(1)17)28-12-21(25-27-28)22-19-10-15(16-6-8-29-13-16)2-4-20(19)24-26-22/h1-4,6,8-10,12-13,23H,5,7,11H2,(H,24,26). The predicted molar refractivity (Wildman–Crippen MR) is 110 cm³/mol. The fraction of sp³-hybridized carbons (Fsp3) is 0.136. The van der Waals surface area contributed by atoms with E-state index in [4.69, 9.17) is 4.42 Å². The van der Waals surface area contributed by atoms with Crippen LogP contribution in [0, 0.1) is 0 Å². The number of aromatic nitrogens is 5. The first-order valence-corrected chi connectivity index (χ1v) is 9.61. The summed E-state index contributed by atoms with van der Waals surface area (Å²) in [6.07, 6.45) is 6.41. The number of H-pyrrole nitrogens is 1. The van der Waals surface area contributed by atoms with Gasteiger partial charge in [-0.1, -0.05) is 17.3 Å². The van der Waals surface area contributed by atoms with E-state index in [0.717, 1.165) is 58.6 Å². The van der Waals surface area contributed by atoms with Crippen molar-refractivity contribution in [3.05, 3.63) is 72.3 Å². The number of nitrogens with one attached hydrogen (secondary N) is 2. The van der Waals surface area contributed by atoms with Crippen molar-refractivity contribution in [1.29, 1.82) is 0 Å². The molecule has 0 saturated carbocycles. The van der Waals surface area contributed by atoms with Crippen LogP contribution in [0.25, 0.3) is 39.1 Å². The monoisotopic (exact) mass is 382 g/mol. The molecule has 5 aromatic rings. The Bertz CT molecular complexity index is 1310. The molecule has 6 rings (SSSR count). The highest BCUT2D eigenvalue weighted by Crippen LogP contribution is 2.30. The van der Waals surface area contributed by atoms with E-state index in [1.54, 1.807) is 12.5 Å². The van der Waals surface area contributed by atoms with Gasteiger partial charge in [-0.25, -0.2) is 4.68 Å². The second-order valence-corrected chi connectivity index (χ2v) is 7.27. The summed E-state index contributed by atoms with van der Waals surface area (Å²) in [5.74, 6) is 0. The van der Waals surface area contributed by atoms with Crippen molar-refractivity contribution < 1.29 is 4.42 Å². The first kappa shape index (κ1) is 16.3. The Morgan fingerprint density at radius 2 is 2.00 bits per heavy atom. The first-order valence-electron chi connectivity index (χ1n) is 9.61. The number of fused-ring (bicyclic) bond motifs is 2. The van der Waals surface area contributed by atoms with E-state index in [0.29, 0.717) is 0 Å². The molecular formula is C22H18N6O. The van der Waals surface area contributed by atoms with E-state index in [9.17, 15) is 0 Å². The summed E-state index contributed by atoms with van der Waals surface area (Å²) in [6, 6.07) is 14.6. The van der Waals surface area contributed by atoms with Crippen LogP contribution in [0.5, 0.6) is 0 Å². The number of hydrogen-bond acceptors (Lipinski definition) is 5. The molecule has 2 N–H and O–H groups in total. The minimum atomic E-state index is 0.733. The van der Waals surface area contributed by atoms with E-state index >= 15 is 0 Å². The maximum absolute atomic E-state index is 5.22. The van der Waals surface area contributed by atoms with E-state index in [-0.39, 0.29) is 0 Å². The van der Waals surface area contributed by atoms with Crippen molar-refractivity contribution in [1.82, 2.24) is 30.5 Å². The van der Waals surface area contributed by atoms with Crippen LogP contribution in [-0.4, -0.2) is 31.7 Å². The zero-order valence-electron chi connectivity index (χ0n) is 15.6. The van der Waals surface area contributed by atoms with Gasteiger partial charge in [0, 0.05) is 17.5 Å². The van der Waals surface area contributed by atoms with Crippen LogP contribution < -0.4 is 5.32 Å². The fourth-order valence-corrected chi connectivity index (χ4v) is 3.93. The lowest BCUT2D eigenvalue weighted by atomic mass is 10.0. The molecular weight excluding hydrogens is 364 g/mol. The van der Waals surface area contributed by atoms with Gasteiger partial charge < -0.3 is 9.73 Å². The zero-order chi connectivity index (χ0) is 19.2. The second-order valence-electron chi connectivity index (χ2n) is 7.27.